The highest BCUT2D eigenvalue weighted by Crippen LogP contribution is 2.34. The highest BCUT2D eigenvalue weighted by atomic mass is 32.2. The Balaban J connectivity index is 1.47. The normalized spacial score (nSPS) is 19.1. The molecule has 8 heteroatoms. The van der Waals surface area contributed by atoms with Crippen LogP contribution in [0.1, 0.15) is 37.2 Å². The van der Waals surface area contributed by atoms with Gasteiger partial charge in [-0.3, -0.25) is 9.00 Å². The first-order chi connectivity index (χ1) is 11.6. The molecule has 1 saturated carbocycles. The summed E-state index contributed by atoms with van der Waals surface area (Å²) in [6.07, 6.45) is 2.97. The fourth-order valence-electron chi connectivity index (χ4n) is 3.06. The Morgan fingerprint density at radius 3 is 2.96 bits per heavy atom. The average Bonchev–Trinajstić information content (AvgIpc) is 3.18. The third-order valence-corrected chi connectivity index (χ3v) is 6.15. The molecule has 4 rings (SSSR count). The Morgan fingerprint density at radius 1 is 1.38 bits per heavy atom. The first-order valence-electron chi connectivity index (χ1n) is 8.18. The zero-order chi connectivity index (χ0) is 16.7. The van der Waals surface area contributed by atoms with Crippen LogP contribution in [-0.4, -0.2) is 42.1 Å². The van der Waals surface area contributed by atoms with E-state index >= 15 is 0 Å². The van der Waals surface area contributed by atoms with Crippen molar-refractivity contribution in [2.75, 3.05) is 11.4 Å². The van der Waals surface area contributed by atoms with E-state index in [1.807, 2.05) is 24.3 Å². The molecule has 2 atom stereocenters. The topological polar surface area (TPSA) is 81.0 Å². The van der Waals surface area contributed by atoms with E-state index in [0.29, 0.717) is 18.4 Å². The maximum atomic E-state index is 12.8. The Morgan fingerprint density at radius 2 is 2.17 bits per heavy atom. The van der Waals surface area contributed by atoms with Crippen LogP contribution in [0, 0.1) is 0 Å². The highest BCUT2D eigenvalue weighted by molar-refractivity contribution is 7.85. The van der Waals surface area contributed by atoms with Gasteiger partial charge in [0, 0.05) is 23.0 Å². The lowest BCUT2D eigenvalue weighted by Crippen LogP contribution is -2.39. The number of carbonyl (C=O) groups excluding carboxylic acids is 1. The second-order valence-corrected chi connectivity index (χ2v) is 8.06. The van der Waals surface area contributed by atoms with Gasteiger partial charge in [-0.15, -0.1) is 5.10 Å². The molecule has 2 aromatic rings. The van der Waals surface area contributed by atoms with Crippen molar-refractivity contribution in [2.24, 2.45) is 0 Å². The van der Waals surface area contributed by atoms with E-state index < -0.39 is 16.0 Å². The zero-order valence-electron chi connectivity index (χ0n) is 13.5. The zero-order valence-corrected chi connectivity index (χ0v) is 14.3. The number of hydrogen-bond acceptors (Lipinski definition) is 5. The molecule has 0 N–H and O–H groups in total. The van der Waals surface area contributed by atoms with Crippen molar-refractivity contribution in [3.63, 3.8) is 0 Å². The maximum absolute atomic E-state index is 12.8. The van der Waals surface area contributed by atoms with Crippen LogP contribution < -0.4 is 4.90 Å². The van der Waals surface area contributed by atoms with Crippen molar-refractivity contribution in [3.8, 4) is 0 Å². The number of tetrazole rings is 1. The van der Waals surface area contributed by atoms with Crippen LogP contribution in [0.4, 0.5) is 5.69 Å². The summed E-state index contributed by atoms with van der Waals surface area (Å²) in [6.45, 7) is 2.38. The predicted molar refractivity (Wildman–Crippen MR) is 89.9 cm³/mol. The third-order valence-electron chi connectivity index (χ3n) is 4.62. The highest BCUT2D eigenvalue weighted by Gasteiger charge is 2.33. The number of anilines is 1. The lowest BCUT2D eigenvalue weighted by Gasteiger charge is -2.21. The number of benzene rings is 1. The monoisotopic (exact) mass is 345 g/mol. The second-order valence-electron chi connectivity index (χ2n) is 6.31. The molecule has 1 aromatic heterocycles. The van der Waals surface area contributed by atoms with Crippen molar-refractivity contribution in [1.82, 2.24) is 20.2 Å². The van der Waals surface area contributed by atoms with E-state index in [2.05, 4.69) is 15.5 Å². The molecule has 0 bridgehead atoms. The fraction of sp³-hybridized carbons (Fsp3) is 0.500. The quantitative estimate of drug-likeness (QED) is 0.814. The van der Waals surface area contributed by atoms with Gasteiger partial charge in [0.05, 0.1) is 11.8 Å². The van der Waals surface area contributed by atoms with Gasteiger partial charge in [-0.25, -0.2) is 4.68 Å². The maximum Gasteiger partial charge on any atom is 0.242 e. The van der Waals surface area contributed by atoms with Gasteiger partial charge in [-0.2, -0.15) is 0 Å². The largest absolute Gasteiger partial charge is 0.311 e. The van der Waals surface area contributed by atoms with Crippen LogP contribution in [-0.2, 0) is 27.8 Å². The van der Waals surface area contributed by atoms with E-state index in [1.165, 1.54) is 5.56 Å². The van der Waals surface area contributed by atoms with E-state index in [1.54, 1.807) is 16.5 Å². The van der Waals surface area contributed by atoms with E-state index in [4.69, 9.17) is 0 Å². The van der Waals surface area contributed by atoms with Gasteiger partial charge in [0.1, 0.15) is 5.25 Å². The molecule has 126 valence electrons. The minimum Gasteiger partial charge on any atom is -0.311 e. The molecule has 0 spiro atoms. The molecule has 1 aliphatic heterocycles. The number of amides is 1. The van der Waals surface area contributed by atoms with Crippen LogP contribution in [0.2, 0.25) is 0 Å². The number of hydrogen-bond donors (Lipinski definition) is 0. The minimum atomic E-state index is -1.35. The van der Waals surface area contributed by atoms with Gasteiger partial charge in [0.25, 0.3) is 0 Å². The van der Waals surface area contributed by atoms with Crippen molar-refractivity contribution < 1.29 is 9.00 Å². The first-order valence-corrected chi connectivity index (χ1v) is 9.56. The summed E-state index contributed by atoms with van der Waals surface area (Å²) in [6, 6.07) is 8.22. The molecular weight excluding hydrogens is 326 g/mol. The summed E-state index contributed by atoms with van der Waals surface area (Å²) in [5.41, 5.74) is 2.11. The van der Waals surface area contributed by atoms with Crippen LogP contribution in [0.25, 0.3) is 0 Å². The van der Waals surface area contributed by atoms with Crippen molar-refractivity contribution in [1.29, 1.82) is 0 Å². The van der Waals surface area contributed by atoms with Crippen molar-refractivity contribution in [2.45, 2.75) is 43.2 Å². The SMILES string of the molecule is C[C@H](C(=O)N1CCc2ccccc21)[S@@](=O)Cc1nnnn1C1CC1. The first kappa shape index (κ1) is 15.4. The Bertz CT molecular complexity index is 801. The molecule has 2 aliphatic rings. The van der Waals surface area contributed by atoms with Crippen LogP contribution in [0.5, 0.6) is 0 Å². The Kier molecular flexibility index (Phi) is 3.91. The molecule has 0 saturated heterocycles. The molecule has 0 radical (unpaired) electrons. The van der Waals surface area contributed by atoms with Gasteiger partial charge >= 0.3 is 0 Å². The van der Waals surface area contributed by atoms with Gasteiger partial charge in [-0.05, 0) is 48.2 Å². The fourth-order valence-corrected chi connectivity index (χ4v) is 4.11. The number of rotatable bonds is 5. The van der Waals surface area contributed by atoms with Crippen LogP contribution in [0.3, 0.4) is 0 Å². The number of carbonyl (C=O) groups is 1. The van der Waals surface area contributed by atoms with Gasteiger partial charge in [-0.1, -0.05) is 18.2 Å². The second kappa shape index (κ2) is 6.08. The predicted octanol–water partition coefficient (Wildman–Crippen LogP) is 1.23. The lowest BCUT2D eigenvalue weighted by molar-refractivity contribution is -0.117. The number of fused-ring (bicyclic) bond motifs is 1. The van der Waals surface area contributed by atoms with Gasteiger partial charge in [0.2, 0.25) is 5.91 Å². The molecule has 24 heavy (non-hydrogen) atoms. The van der Waals surface area contributed by atoms with Crippen LogP contribution in [0.15, 0.2) is 24.3 Å². The average molecular weight is 345 g/mol. The van der Waals surface area contributed by atoms with Crippen LogP contribution >= 0.6 is 0 Å². The van der Waals surface area contributed by atoms with Gasteiger partial charge in [0.15, 0.2) is 5.82 Å². The molecule has 1 amide bonds. The summed E-state index contributed by atoms with van der Waals surface area (Å²) in [5, 5.41) is 11.0. The molecule has 7 nitrogen and oxygen atoms in total. The number of para-hydroxylation sites is 1. The Hall–Kier alpha value is -2.09. The standard InChI is InChI=1S/C16H19N5O2S/c1-11(16(22)20-9-8-12-4-2-3-5-14(12)20)24(23)10-15-17-18-19-21(15)13-6-7-13/h2-5,11,13H,6-10H2,1H3/t11-,24+/m1/s1. The summed E-state index contributed by atoms with van der Waals surface area (Å²) >= 11 is 0. The minimum absolute atomic E-state index is 0.0938. The molecule has 1 aromatic carbocycles. The van der Waals surface area contributed by atoms with Gasteiger partial charge < -0.3 is 4.90 Å². The molecule has 1 aliphatic carbocycles. The number of nitrogens with zero attached hydrogens (tertiary/aromatic N) is 5. The molecule has 2 heterocycles. The smallest absolute Gasteiger partial charge is 0.242 e. The Labute approximate surface area is 142 Å². The molecular formula is C16H19N5O2S. The van der Waals surface area contributed by atoms with Crippen molar-refractivity contribution in [3.05, 3.63) is 35.7 Å². The summed E-state index contributed by atoms with van der Waals surface area (Å²) in [5.74, 6) is 0.729. The summed E-state index contributed by atoms with van der Waals surface area (Å²) < 4.78 is 14.4. The number of aromatic nitrogens is 4. The van der Waals surface area contributed by atoms with Crippen molar-refractivity contribution >= 4 is 22.4 Å². The molecule has 1 fully saturated rings. The summed E-state index contributed by atoms with van der Waals surface area (Å²) in [4.78, 5) is 14.5. The molecule has 0 unspecified atom stereocenters. The van der Waals surface area contributed by atoms with E-state index in [0.717, 1.165) is 24.9 Å². The lowest BCUT2D eigenvalue weighted by atomic mass is 10.2. The van der Waals surface area contributed by atoms with E-state index in [-0.39, 0.29) is 11.7 Å². The summed E-state index contributed by atoms with van der Waals surface area (Å²) in [7, 11) is -1.35. The third kappa shape index (κ3) is 2.75. The van der Waals surface area contributed by atoms with E-state index in [9.17, 15) is 9.00 Å².